The lowest BCUT2D eigenvalue weighted by Crippen LogP contribution is -2.16. The highest BCUT2D eigenvalue weighted by Gasteiger charge is 2.16. The van der Waals surface area contributed by atoms with Crippen molar-refractivity contribution in [1.82, 2.24) is 0 Å². The Labute approximate surface area is 129 Å². The summed E-state index contributed by atoms with van der Waals surface area (Å²) in [6, 6.07) is 10.6. The lowest BCUT2D eigenvalue weighted by atomic mass is 9.99. The van der Waals surface area contributed by atoms with Gasteiger partial charge >= 0.3 is 0 Å². The maximum atomic E-state index is 13.6. The predicted molar refractivity (Wildman–Crippen MR) is 86.5 cm³/mol. The molecule has 2 N–H and O–H groups in total. The fourth-order valence-electron chi connectivity index (χ4n) is 2.41. The second kappa shape index (κ2) is 6.96. The number of methoxy groups -OCH3 is 1. The first-order chi connectivity index (χ1) is 10.0. The van der Waals surface area contributed by atoms with Gasteiger partial charge in [-0.15, -0.1) is 11.8 Å². The average molecular weight is 305 g/mol. The number of ether oxygens (including phenoxy) is 1. The summed E-state index contributed by atoms with van der Waals surface area (Å²) >= 11 is 1.43. The van der Waals surface area contributed by atoms with E-state index in [1.54, 1.807) is 19.2 Å². The zero-order valence-electron chi connectivity index (χ0n) is 12.5. The molecule has 0 aromatic heterocycles. The zero-order valence-corrected chi connectivity index (χ0v) is 13.3. The van der Waals surface area contributed by atoms with Crippen molar-refractivity contribution in [2.24, 2.45) is 5.73 Å². The first kappa shape index (κ1) is 15.9. The third-order valence-electron chi connectivity index (χ3n) is 3.34. The summed E-state index contributed by atoms with van der Waals surface area (Å²) in [5.41, 5.74) is 9.54. The molecule has 0 aliphatic carbocycles. The summed E-state index contributed by atoms with van der Waals surface area (Å²) in [6.45, 7) is 4.05. The van der Waals surface area contributed by atoms with Crippen molar-refractivity contribution < 1.29 is 9.13 Å². The molecule has 0 aliphatic heterocycles. The Hall–Kier alpha value is -1.52. The molecule has 0 spiro atoms. The smallest absolute Gasteiger partial charge is 0.136 e. The first-order valence-electron chi connectivity index (χ1n) is 6.81. The fourth-order valence-corrected chi connectivity index (χ4v) is 3.32. The number of thioether (sulfide) groups is 1. The molecular formula is C17H20FNOS. The average Bonchev–Trinajstić information content (AvgIpc) is 2.45. The van der Waals surface area contributed by atoms with Crippen molar-refractivity contribution in [3.63, 3.8) is 0 Å². The van der Waals surface area contributed by atoms with E-state index in [9.17, 15) is 4.39 Å². The summed E-state index contributed by atoms with van der Waals surface area (Å²) in [4.78, 5) is 0.622. The summed E-state index contributed by atoms with van der Waals surface area (Å²) in [5.74, 6) is 1.19. The molecule has 0 saturated heterocycles. The van der Waals surface area contributed by atoms with Crippen LogP contribution in [0.5, 0.6) is 5.75 Å². The van der Waals surface area contributed by atoms with Crippen LogP contribution >= 0.6 is 11.8 Å². The van der Waals surface area contributed by atoms with Gasteiger partial charge in [-0.25, -0.2) is 4.39 Å². The van der Waals surface area contributed by atoms with Crippen molar-refractivity contribution in [2.75, 3.05) is 12.9 Å². The zero-order chi connectivity index (χ0) is 15.4. The molecule has 2 aromatic carbocycles. The van der Waals surface area contributed by atoms with Gasteiger partial charge in [-0.1, -0.05) is 18.2 Å². The van der Waals surface area contributed by atoms with Gasteiger partial charge in [0.05, 0.1) is 7.11 Å². The third-order valence-corrected chi connectivity index (χ3v) is 4.51. The maximum Gasteiger partial charge on any atom is 0.136 e. The molecule has 0 amide bonds. The van der Waals surface area contributed by atoms with Gasteiger partial charge in [0.25, 0.3) is 0 Å². The van der Waals surface area contributed by atoms with Crippen LogP contribution in [0.2, 0.25) is 0 Å². The molecule has 112 valence electrons. The standard InChI is InChI=1S/C17H20FNOS/c1-11-8-12(2)17(15(9-11)20-3)14(19)10-21-16-7-5-4-6-13(16)18/h4-9,14H,10,19H2,1-3H3. The summed E-state index contributed by atoms with van der Waals surface area (Å²) in [7, 11) is 1.65. The summed E-state index contributed by atoms with van der Waals surface area (Å²) < 4.78 is 19.1. The lowest BCUT2D eigenvalue weighted by molar-refractivity contribution is 0.406. The van der Waals surface area contributed by atoms with Crippen LogP contribution in [0.25, 0.3) is 0 Å². The lowest BCUT2D eigenvalue weighted by Gasteiger charge is -2.19. The normalized spacial score (nSPS) is 12.2. The highest BCUT2D eigenvalue weighted by atomic mass is 32.2. The van der Waals surface area contributed by atoms with E-state index in [1.165, 1.54) is 17.8 Å². The van der Waals surface area contributed by atoms with Crippen LogP contribution in [0.15, 0.2) is 41.3 Å². The third kappa shape index (κ3) is 3.77. The molecule has 0 fully saturated rings. The molecule has 0 radical (unpaired) electrons. The van der Waals surface area contributed by atoms with Gasteiger partial charge in [0.2, 0.25) is 0 Å². The van der Waals surface area contributed by atoms with Crippen molar-refractivity contribution in [2.45, 2.75) is 24.8 Å². The van der Waals surface area contributed by atoms with Gasteiger partial charge < -0.3 is 10.5 Å². The van der Waals surface area contributed by atoms with Crippen LogP contribution in [-0.2, 0) is 0 Å². The number of nitrogens with two attached hydrogens (primary N) is 1. The predicted octanol–water partition coefficient (Wildman–Crippen LogP) is 4.24. The number of aryl methyl sites for hydroxylation is 2. The SMILES string of the molecule is COc1cc(C)cc(C)c1C(N)CSc1ccccc1F. The van der Waals surface area contributed by atoms with E-state index in [0.717, 1.165) is 22.4 Å². The van der Waals surface area contributed by atoms with Crippen LogP contribution in [0.1, 0.15) is 22.7 Å². The van der Waals surface area contributed by atoms with E-state index >= 15 is 0 Å². The number of hydrogen-bond donors (Lipinski definition) is 1. The monoisotopic (exact) mass is 305 g/mol. The molecule has 2 aromatic rings. The van der Waals surface area contributed by atoms with Crippen molar-refractivity contribution >= 4 is 11.8 Å². The highest BCUT2D eigenvalue weighted by molar-refractivity contribution is 7.99. The highest BCUT2D eigenvalue weighted by Crippen LogP contribution is 2.32. The number of benzene rings is 2. The van der Waals surface area contributed by atoms with Crippen molar-refractivity contribution in [3.8, 4) is 5.75 Å². The Morgan fingerprint density at radius 2 is 1.95 bits per heavy atom. The molecule has 2 nitrogen and oxygen atoms in total. The minimum Gasteiger partial charge on any atom is -0.496 e. The molecule has 0 aliphatic rings. The van der Waals surface area contributed by atoms with Crippen molar-refractivity contribution in [1.29, 1.82) is 0 Å². The van der Waals surface area contributed by atoms with E-state index in [4.69, 9.17) is 10.5 Å². The summed E-state index contributed by atoms with van der Waals surface area (Å²) in [5, 5.41) is 0. The molecule has 21 heavy (non-hydrogen) atoms. The van der Waals surface area contributed by atoms with E-state index in [0.29, 0.717) is 10.6 Å². The maximum absolute atomic E-state index is 13.6. The summed E-state index contributed by atoms with van der Waals surface area (Å²) in [6.07, 6.45) is 0. The van der Waals surface area contributed by atoms with Gasteiger partial charge in [-0.05, 0) is 43.2 Å². The molecular weight excluding hydrogens is 285 g/mol. The second-order valence-electron chi connectivity index (χ2n) is 5.05. The molecule has 1 atom stereocenters. The fraction of sp³-hybridized carbons (Fsp3) is 0.294. The van der Waals surface area contributed by atoms with Gasteiger partial charge in [-0.2, -0.15) is 0 Å². The van der Waals surface area contributed by atoms with Gasteiger partial charge in [0.15, 0.2) is 0 Å². The molecule has 0 heterocycles. The van der Waals surface area contributed by atoms with Crippen LogP contribution in [-0.4, -0.2) is 12.9 Å². The van der Waals surface area contributed by atoms with Gasteiger partial charge in [-0.3, -0.25) is 0 Å². The van der Waals surface area contributed by atoms with E-state index in [2.05, 4.69) is 6.07 Å². The number of rotatable bonds is 5. The Kier molecular flexibility index (Phi) is 5.26. The molecule has 4 heteroatoms. The Balaban J connectivity index is 2.17. The second-order valence-corrected chi connectivity index (χ2v) is 6.11. The van der Waals surface area contributed by atoms with Gasteiger partial charge in [0, 0.05) is 22.3 Å². The van der Waals surface area contributed by atoms with Gasteiger partial charge in [0.1, 0.15) is 11.6 Å². The Morgan fingerprint density at radius 1 is 1.24 bits per heavy atom. The molecule has 0 bridgehead atoms. The van der Waals surface area contributed by atoms with Crippen LogP contribution in [0.3, 0.4) is 0 Å². The van der Waals surface area contributed by atoms with Crippen LogP contribution < -0.4 is 10.5 Å². The van der Waals surface area contributed by atoms with Crippen LogP contribution in [0.4, 0.5) is 4.39 Å². The minimum absolute atomic E-state index is 0.204. The van der Waals surface area contributed by atoms with E-state index < -0.39 is 0 Å². The number of hydrogen-bond acceptors (Lipinski definition) is 3. The van der Waals surface area contributed by atoms with Crippen molar-refractivity contribution in [3.05, 3.63) is 58.9 Å². The van der Waals surface area contributed by atoms with E-state index in [-0.39, 0.29) is 11.9 Å². The number of halogens is 1. The molecule has 0 saturated carbocycles. The van der Waals surface area contributed by atoms with E-state index in [1.807, 2.05) is 26.0 Å². The van der Waals surface area contributed by atoms with Crippen LogP contribution in [0, 0.1) is 19.7 Å². The molecule has 1 unspecified atom stereocenters. The quantitative estimate of drug-likeness (QED) is 0.839. The minimum atomic E-state index is -0.206. The Morgan fingerprint density at radius 3 is 2.62 bits per heavy atom. The largest absolute Gasteiger partial charge is 0.496 e. The topological polar surface area (TPSA) is 35.2 Å². The Bertz CT molecular complexity index is 630. The molecule has 2 rings (SSSR count). The first-order valence-corrected chi connectivity index (χ1v) is 7.79.